The predicted octanol–water partition coefficient (Wildman–Crippen LogP) is 1.85. The molecular weight excluding hydrogens is 236 g/mol. The van der Waals surface area contributed by atoms with Gasteiger partial charge in [-0.2, -0.15) is 5.10 Å². The van der Waals surface area contributed by atoms with Crippen molar-refractivity contribution < 1.29 is 0 Å². The second kappa shape index (κ2) is 4.97. The summed E-state index contributed by atoms with van der Waals surface area (Å²) in [5, 5.41) is 8.44. The fraction of sp³-hybridized carbons (Fsp3) is 0.333. The molecule has 2 heterocycles. The highest BCUT2D eigenvalue weighted by molar-refractivity contribution is 5.47. The van der Waals surface area contributed by atoms with E-state index >= 15 is 0 Å². The van der Waals surface area contributed by atoms with Crippen molar-refractivity contribution in [2.24, 2.45) is 5.73 Å². The van der Waals surface area contributed by atoms with Crippen LogP contribution in [0.4, 0.5) is 5.82 Å². The van der Waals surface area contributed by atoms with E-state index < -0.39 is 0 Å². The third kappa shape index (κ3) is 2.19. The Morgan fingerprint density at radius 3 is 2.79 bits per heavy atom. The van der Waals surface area contributed by atoms with Gasteiger partial charge >= 0.3 is 0 Å². The molecule has 3 rings (SSSR count). The SMILES string of the molecule is Cc1ccc(N2CCc3ccccc3C2CN)nn1. The molecule has 1 atom stereocenters. The Morgan fingerprint density at radius 1 is 1.21 bits per heavy atom. The Bertz CT molecular complexity index is 565. The van der Waals surface area contributed by atoms with E-state index in [1.807, 2.05) is 19.1 Å². The number of nitrogens with two attached hydrogens (primary N) is 1. The molecule has 0 bridgehead atoms. The number of fused-ring (bicyclic) bond motifs is 1. The average molecular weight is 254 g/mol. The van der Waals surface area contributed by atoms with E-state index in [0.29, 0.717) is 6.54 Å². The fourth-order valence-electron chi connectivity index (χ4n) is 2.73. The van der Waals surface area contributed by atoms with Crippen molar-refractivity contribution in [3.05, 3.63) is 53.2 Å². The molecule has 0 saturated heterocycles. The maximum Gasteiger partial charge on any atom is 0.151 e. The number of rotatable bonds is 2. The van der Waals surface area contributed by atoms with Crippen molar-refractivity contribution in [3.8, 4) is 0 Å². The molecule has 1 aromatic heterocycles. The Kier molecular flexibility index (Phi) is 3.17. The Morgan fingerprint density at radius 2 is 2.05 bits per heavy atom. The van der Waals surface area contributed by atoms with E-state index in [1.165, 1.54) is 11.1 Å². The largest absolute Gasteiger partial charge is 0.346 e. The van der Waals surface area contributed by atoms with Gasteiger partial charge < -0.3 is 10.6 Å². The molecule has 2 N–H and O–H groups in total. The normalized spacial score (nSPS) is 18.2. The van der Waals surface area contributed by atoms with Gasteiger partial charge in [-0.3, -0.25) is 0 Å². The first-order chi connectivity index (χ1) is 9.29. The maximum absolute atomic E-state index is 5.99. The monoisotopic (exact) mass is 254 g/mol. The van der Waals surface area contributed by atoms with Crippen molar-refractivity contribution >= 4 is 5.82 Å². The first-order valence-electron chi connectivity index (χ1n) is 6.64. The molecule has 1 aliphatic rings. The van der Waals surface area contributed by atoms with Gasteiger partial charge in [-0.15, -0.1) is 5.10 Å². The van der Waals surface area contributed by atoms with Crippen molar-refractivity contribution in [3.63, 3.8) is 0 Å². The summed E-state index contributed by atoms with van der Waals surface area (Å²) in [6, 6.07) is 12.7. The smallest absolute Gasteiger partial charge is 0.151 e. The summed E-state index contributed by atoms with van der Waals surface area (Å²) in [7, 11) is 0. The zero-order valence-corrected chi connectivity index (χ0v) is 11.1. The van der Waals surface area contributed by atoms with Gasteiger partial charge in [0.25, 0.3) is 0 Å². The average Bonchev–Trinajstić information content (AvgIpc) is 2.47. The fourth-order valence-corrected chi connectivity index (χ4v) is 2.73. The minimum atomic E-state index is 0.196. The summed E-state index contributed by atoms with van der Waals surface area (Å²) in [6.45, 7) is 3.48. The summed E-state index contributed by atoms with van der Waals surface area (Å²) >= 11 is 0. The van der Waals surface area contributed by atoms with Gasteiger partial charge in [0, 0.05) is 13.1 Å². The predicted molar refractivity (Wildman–Crippen MR) is 76.1 cm³/mol. The van der Waals surface area contributed by atoms with Crippen LogP contribution in [0.1, 0.15) is 22.9 Å². The van der Waals surface area contributed by atoms with E-state index in [-0.39, 0.29) is 6.04 Å². The summed E-state index contributed by atoms with van der Waals surface area (Å²) in [5.41, 5.74) is 9.64. The summed E-state index contributed by atoms with van der Waals surface area (Å²) in [6.07, 6.45) is 1.03. The molecule has 0 radical (unpaired) electrons. The van der Waals surface area contributed by atoms with Crippen LogP contribution < -0.4 is 10.6 Å². The lowest BCUT2D eigenvalue weighted by Crippen LogP contribution is -2.40. The molecule has 0 fully saturated rings. The van der Waals surface area contributed by atoms with Crippen molar-refractivity contribution in [1.29, 1.82) is 0 Å². The molecule has 0 spiro atoms. The summed E-state index contributed by atoms with van der Waals surface area (Å²) < 4.78 is 0. The molecule has 0 aliphatic carbocycles. The molecule has 0 amide bonds. The zero-order chi connectivity index (χ0) is 13.2. The maximum atomic E-state index is 5.99. The third-order valence-electron chi connectivity index (χ3n) is 3.71. The van der Waals surface area contributed by atoms with Crippen molar-refractivity contribution in [1.82, 2.24) is 10.2 Å². The minimum absolute atomic E-state index is 0.196. The lowest BCUT2D eigenvalue weighted by atomic mass is 9.92. The molecule has 2 aromatic rings. The molecule has 1 aliphatic heterocycles. The van der Waals surface area contributed by atoms with E-state index in [4.69, 9.17) is 5.73 Å². The van der Waals surface area contributed by atoms with Crippen LogP contribution in [0.2, 0.25) is 0 Å². The van der Waals surface area contributed by atoms with E-state index in [0.717, 1.165) is 24.5 Å². The van der Waals surface area contributed by atoms with Crippen LogP contribution in [0.5, 0.6) is 0 Å². The molecule has 0 saturated carbocycles. The van der Waals surface area contributed by atoms with Crippen LogP contribution in [0.3, 0.4) is 0 Å². The Balaban J connectivity index is 1.98. The van der Waals surface area contributed by atoms with Crippen molar-refractivity contribution in [2.45, 2.75) is 19.4 Å². The lowest BCUT2D eigenvalue weighted by molar-refractivity contribution is 0.580. The first kappa shape index (κ1) is 12.1. The number of anilines is 1. The van der Waals surface area contributed by atoms with Gasteiger partial charge in [-0.1, -0.05) is 24.3 Å². The quantitative estimate of drug-likeness (QED) is 0.888. The Hall–Kier alpha value is -1.94. The minimum Gasteiger partial charge on any atom is -0.346 e. The molecule has 4 nitrogen and oxygen atoms in total. The highest BCUT2D eigenvalue weighted by Gasteiger charge is 2.26. The van der Waals surface area contributed by atoms with Crippen LogP contribution >= 0.6 is 0 Å². The Labute approximate surface area is 113 Å². The van der Waals surface area contributed by atoms with Crippen LogP contribution in [-0.2, 0) is 6.42 Å². The number of aryl methyl sites for hydroxylation is 1. The number of hydrogen-bond donors (Lipinski definition) is 1. The topological polar surface area (TPSA) is 55.0 Å². The van der Waals surface area contributed by atoms with Gasteiger partial charge in [-0.05, 0) is 36.6 Å². The van der Waals surface area contributed by atoms with Gasteiger partial charge in [-0.25, -0.2) is 0 Å². The standard InChI is InChI=1S/C15H18N4/c1-11-6-7-15(18-17-11)19-9-8-12-4-2-3-5-13(12)14(19)10-16/h2-7,14H,8-10,16H2,1H3. The second-order valence-electron chi connectivity index (χ2n) is 4.93. The third-order valence-corrected chi connectivity index (χ3v) is 3.71. The van der Waals surface area contributed by atoms with Crippen LogP contribution in [0.15, 0.2) is 36.4 Å². The highest BCUT2D eigenvalue weighted by Crippen LogP contribution is 2.31. The number of nitrogens with zero attached hydrogens (tertiary/aromatic N) is 3. The number of hydrogen-bond acceptors (Lipinski definition) is 4. The molecule has 19 heavy (non-hydrogen) atoms. The van der Waals surface area contributed by atoms with E-state index in [9.17, 15) is 0 Å². The summed E-state index contributed by atoms with van der Waals surface area (Å²) in [4.78, 5) is 2.26. The van der Waals surface area contributed by atoms with Gasteiger partial charge in [0.05, 0.1) is 11.7 Å². The second-order valence-corrected chi connectivity index (χ2v) is 4.93. The number of aromatic nitrogens is 2. The van der Waals surface area contributed by atoms with Gasteiger partial charge in [0.1, 0.15) is 0 Å². The van der Waals surface area contributed by atoms with Crippen LogP contribution in [0, 0.1) is 6.92 Å². The molecular formula is C15H18N4. The molecule has 1 aromatic carbocycles. The first-order valence-corrected chi connectivity index (χ1v) is 6.64. The van der Waals surface area contributed by atoms with E-state index in [1.54, 1.807) is 0 Å². The number of benzene rings is 1. The molecule has 1 unspecified atom stereocenters. The molecule has 4 heteroatoms. The van der Waals surface area contributed by atoms with Crippen LogP contribution in [0.25, 0.3) is 0 Å². The van der Waals surface area contributed by atoms with Crippen LogP contribution in [-0.4, -0.2) is 23.3 Å². The highest BCUT2D eigenvalue weighted by atomic mass is 15.3. The van der Waals surface area contributed by atoms with Gasteiger partial charge in [0.2, 0.25) is 0 Å². The van der Waals surface area contributed by atoms with Gasteiger partial charge in [0.15, 0.2) is 5.82 Å². The zero-order valence-electron chi connectivity index (χ0n) is 11.1. The van der Waals surface area contributed by atoms with Crippen molar-refractivity contribution in [2.75, 3.05) is 18.0 Å². The molecule has 98 valence electrons. The summed E-state index contributed by atoms with van der Waals surface area (Å²) in [5.74, 6) is 0.913. The van der Waals surface area contributed by atoms with E-state index in [2.05, 4.69) is 39.4 Å². The lowest BCUT2D eigenvalue weighted by Gasteiger charge is -2.37.